The molecule has 20 rings (SSSR count). The van der Waals surface area contributed by atoms with Gasteiger partial charge in [-0.05, 0) is 295 Å². The van der Waals surface area contributed by atoms with Crippen LogP contribution in [0.1, 0.15) is 374 Å². The molecule has 0 spiro atoms. The SMILES string of the molecule is CC/C=C(\CCC)c1cc(-c2c(C)noc2C)cc2[nH]c(C3CC3)nc12.CCCC(CCC)c1cc(-c2c(C)noc2C)cc2[nH]c(C3CC3)nc12.CCCC(O)(CCC)c1cc(-c2c(C)noc2C)cc2[nH]c(C3CC3)nc12.Cc1noc(C)c1-c1cc(C(O)(C(C)C)C(C)C)c2nc(C3CC3)[nH]c2c1.Cc1noc(C)c1-c1cc(C(O)C(C)C)c2nc(C3CC3)[nH]c2c1. The van der Waals surface area contributed by atoms with Crippen LogP contribution in [0.5, 0.6) is 0 Å². The van der Waals surface area contributed by atoms with E-state index in [0.717, 1.165) is 242 Å². The number of aliphatic hydroxyl groups excluding tert-OH is 1. The molecule has 0 bridgehead atoms. The second-order valence-electron chi connectivity index (χ2n) is 39.2. The van der Waals surface area contributed by atoms with Crippen molar-refractivity contribution in [2.45, 2.75) is 340 Å². The molecule has 0 saturated heterocycles. The minimum atomic E-state index is -0.969. The summed E-state index contributed by atoms with van der Waals surface area (Å²) in [5.74, 6) is 13.2. The first-order chi connectivity index (χ1) is 62.4. The standard InChI is InChI=1S/2C22H29N3O2.C22H29N3O.C22H27N3O.C19H23N3O2/c1-11(2)22(26,12(3)4)17-9-16(19-13(5)25-27-14(19)6)10-18-20(17)24-21(23-18)15-7-8-15;1-5-9-22(26,10-6-2)17-11-16(19-13(3)25-27-14(19)4)12-18-20(17)24-21(23-18)15-7-8-15;2*1-5-7-15(8-6-2)18-11-17(20-13(3)25-26-14(20)4)12-19-21(18)24-22(23-19)16-9-10-16;1-9(2)18(23)14-7-13(16-10(3)22-24-11(16)4)8-15-17(14)21-19(20-15)12-5-6-12/h9-12,15,26H,7-8H2,1-6H3,(H,23,24);11-12,15,26H,5-10H2,1-4H3,(H,23,24);11-12,15-16H,5-10H2,1-4H3,(H,23,24);7,11-12,16H,5-6,8-10H2,1-4H3,(H,23,24);7-9,12,18,23H,5-6H2,1-4H3,(H,20,21)/b;;;15-7+;. The largest absolute Gasteiger partial charge is 0.388 e. The van der Waals surface area contributed by atoms with Gasteiger partial charge in [-0.3, -0.25) is 0 Å². The zero-order valence-corrected chi connectivity index (χ0v) is 80.8. The molecular weight excluding hydrogens is 1620 g/mol. The second kappa shape index (κ2) is 38.1. The number of aliphatic hydroxyl groups is 3. The van der Waals surface area contributed by atoms with Crippen molar-refractivity contribution in [2.75, 3.05) is 0 Å². The van der Waals surface area contributed by atoms with Gasteiger partial charge in [0.25, 0.3) is 0 Å². The number of fused-ring (bicyclic) bond motifs is 5. The van der Waals surface area contributed by atoms with Crippen LogP contribution in [0, 0.1) is 87.0 Å². The molecule has 1 unspecified atom stereocenters. The van der Waals surface area contributed by atoms with Gasteiger partial charge in [0, 0.05) is 79.7 Å². The van der Waals surface area contributed by atoms with Gasteiger partial charge >= 0.3 is 0 Å². The van der Waals surface area contributed by atoms with Crippen LogP contribution in [0.15, 0.2) is 89.4 Å². The van der Waals surface area contributed by atoms with E-state index in [1.807, 2.05) is 89.2 Å². The summed E-state index contributed by atoms with van der Waals surface area (Å²) in [6.07, 6.45) is 25.3. The van der Waals surface area contributed by atoms with E-state index in [1.54, 1.807) is 0 Å². The highest BCUT2D eigenvalue weighted by Crippen LogP contribution is 2.51. The van der Waals surface area contributed by atoms with Crippen molar-refractivity contribution in [3.05, 3.63) is 181 Å². The molecule has 23 nitrogen and oxygen atoms in total. The van der Waals surface area contributed by atoms with E-state index in [4.69, 9.17) is 47.5 Å². The molecule has 0 amide bonds. The summed E-state index contributed by atoms with van der Waals surface area (Å²) < 4.78 is 27.0. The van der Waals surface area contributed by atoms with E-state index in [0.29, 0.717) is 35.5 Å². The second-order valence-corrected chi connectivity index (χ2v) is 39.2. The molecule has 5 saturated carbocycles. The Morgan fingerprint density at radius 2 is 0.677 bits per heavy atom. The van der Waals surface area contributed by atoms with Crippen molar-refractivity contribution in [3.63, 3.8) is 0 Å². The summed E-state index contributed by atoms with van der Waals surface area (Å²) in [5.41, 5.74) is 30.2. The number of hydrogen-bond acceptors (Lipinski definition) is 18. The van der Waals surface area contributed by atoms with E-state index >= 15 is 0 Å². The number of aromatic amines is 5. The maximum absolute atomic E-state index is 11.8. The molecule has 10 aromatic heterocycles. The predicted octanol–water partition coefficient (Wildman–Crippen LogP) is 27.8. The van der Waals surface area contributed by atoms with E-state index in [-0.39, 0.29) is 17.8 Å². The third kappa shape index (κ3) is 18.9. The van der Waals surface area contributed by atoms with Gasteiger partial charge in [0.2, 0.25) is 0 Å². The lowest BCUT2D eigenvalue weighted by Gasteiger charge is -2.37. The number of imidazole rings is 5. The summed E-state index contributed by atoms with van der Waals surface area (Å²) in [4.78, 5) is 42.4. The third-order valence-corrected chi connectivity index (χ3v) is 27.5. The summed E-state index contributed by atoms with van der Waals surface area (Å²) in [5, 5.41) is 54.7. The molecule has 8 N–H and O–H groups in total. The van der Waals surface area contributed by atoms with E-state index in [2.05, 4.69) is 181 Å². The Kier molecular flexibility index (Phi) is 27.1. The Labute approximate surface area is 764 Å². The minimum Gasteiger partial charge on any atom is -0.388 e. The molecule has 0 radical (unpaired) electrons. The Hall–Kier alpha value is -10.9. The maximum atomic E-state index is 11.8. The molecule has 5 aliphatic rings. The molecule has 5 fully saturated rings. The highest BCUT2D eigenvalue weighted by atomic mass is 16.5. The van der Waals surface area contributed by atoms with Crippen LogP contribution in [-0.4, -0.2) is 90.9 Å². The number of rotatable bonds is 29. The molecule has 5 aliphatic carbocycles. The highest BCUT2D eigenvalue weighted by molar-refractivity contribution is 5.95. The molecule has 688 valence electrons. The number of benzene rings is 5. The molecule has 130 heavy (non-hydrogen) atoms. The van der Waals surface area contributed by atoms with E-state index in [9.17, 15) is 15.3 Å². The average molecular weight is 1760 g/mol. The Morgan fingerprint density at radius 1 is 0.377 bits per heavy atom. The third-order valence-electron chi connectivity index (χ3n) is 27.5. The summed E-state index contributed by atoms with van der Waals surface area (Å²) >= 11 is 0. The van der Waals surface area contributed by atoms with Gasteiger partial charge in [-0.1, -0.05) is 147 Å². The molecular formula is C107H137N15O8. The van der Waals surface area contributed by atoms with Crippen molar-refractivity contribution in [3.8, 4) is 55.6 Å². The van der Waals surface area contributed by atoms with Gasteiger partial charge < -0.3 is 62.9 Å². The Morgan fingerprint density at radius 3 is 0.985 bits per heavy atom. The van der Waals surface area contributed by atoms with Crippen LogP contribution in [0.2, 0.25) is 0 Å². The first-order valence-electron chi connectivity index (χ1n) is 48.6. The van der Waals surface area contributed by atoms with Crippen molar-refractivity contribution >= 4 is 60.7 Å². The van der Waals surface area contributed by atoms with E-state index in [1.165, 1.54) is 123 Å². The predicted molar refractivity (Wildman–Crippen MR) is 518 cm³/mol. The zero-order valence-electron chi connectivity index (χ0n) is 80.8. The van der Waals surface area contributed by atoms with Crippen LogP contribution in [0.3, 0.4) is 0 Å². The lowest BCUT2D eigenvalue weighted by atomic mass is 9.74. The quantitative estimate of drug-likeness (QED) is 0.0216. The first-order valence-corrected chi connectivity index (χ1v) is 48.6. The van der Waals surface area contributed by atoms with Gasteiger partial charge in [-0.25, -0.2) is 24.9 Å². The molecule has 0 aliphatic heterocycles. The number of nitrogens with one attached hydrogen (secondary N) is 5. The molecule has 1 atom stereocenters. The lowest BCUT2D eigenvalue weighted by molar-refractivity contribution is -0.0519. The minimum absolute atomic E-state index is 0.0571. The molecule has 23 heteroatoms. The van der Waals surface area contributed by atoms with Crippen LogP contribution in [-0.2, 0) is 11.2 Å². The normalized spacial score (nSPS) is 15.3. The fourth-order valence-electron chi connectivity index (χ4n) is 20.0. The van der Waals surface area contributed by atoms with Crippen LogP contribution in [0.25, 0.3) is 116 Å². The molecule has 10 heterocycles. The highest BCUT2D eigenvalue weighted by Gasteiger charge is 2.42. The van der Waals surface area contributed by atoms with Crippen molar-refractivity contribution in [2.24, 2.45) is 17.8 Å². The fourth-order valence-corrected chi connectivity index (χ4v) is 20.0. The average Bonchev–Trinajstić information content (AvgIpc) is 1.74. The first kappa shape index (κ1) is 92.4. The summed E-state index contributed by atoms with van der Waals surface area (Å²) in [6, 6.07) is 21.6. The zero-order chi connectivity index (χ0) is 92.2. The Bertz CT molecular complexity index is 6450. The van der Waals surface area contributed by atoms with Crippen molar-refractivity contribution in [1.82, 2.24) is 75.6 Å². The number of hydrogen-bond donors (Lipinski definition) is 8. The fraction of sp³-hybridized carbons (Fsp3) is 0.514. The van der Waals surface area contributed by atoms with Crippen molar-refractivity contribution in [1.29, 1.82) is 0 Å². The van der Waals surface area contributed by atoms with Crippen molar-refractivity contribution < 1.29 is 37.9 Å². The van der Waals surface area contributed by atoms with Gasteiger partial charge in [0.05, 0.1) is 101 Å². The lowest BCUT2D eigenvalue weighted by Crippen LogP contribution is -2.38. The number of allylic oxidation sites excluding steroid dienone is 2. The Balaban J connectivity index is 0.000000119. The van der Waals surface area contributed by atoms with Gasteiger partial charge in [-0.2, -0.15) is 0 Å². The molecule has 15 aromatic rings. The van der Waals surface area contributed by atoms with E-state index < -0.39 is 17.3 Å². The van der Waals surface area contributed by atoms with Crippen LogP contribution < -0.4 is 0 Å². The van der Waals surface area contributed by atoms with Crippen LogP contribution in [0.4, 0.5) is 0 Å². The topological polar surface area (TPSA) is 334 Å². The monoisotopic (exact) mass is 1760 g/mol. The summed E-state index contributed by atoms with van der Waals surface area (Å²) in [7, 11) is 0. The van der Waals surface area contributed by atoms with Crippen LogP contribution >= 0.6 is 0 Å². The number of nitrogens with zero attached hydrogens (tertiary/aromatic N) is 10. The summed E-state index contributed by atoms with van der Waals surface area (Å²) in [6.45, 7) is 45.2. The van der Waals surface area contributed by atoms with Gasteiger partial charge in [0.1, 0.15) is 57.9 Å². The van der Waals surface area contributed by atoms with Gasteiger partial charge in [0.15, 0.2) is 0 Å². The van der Waals surface area contributed by atoms with Gasteiger partial charge in [-0.15, -0.1) is 0 Å². The number of aryl methyl sites for hydroxylation is 10. The number of aromatic nitrogens is 15. The smallest absolute Gasteiger partial charge is 0.141 e. The maximum Gasteiger partial charge on any atom is 0.141 e. The number of H-pyrrole nitrogens is 5. The molecule has 5 aromatic carbocycles.